The monoisotopic (exact) mass is 338 g/mol. The molecule has 0 radical (unpaired) electrons. The Morgan fingerprint density at radius 2 is 2.08 bits per heavy atom. The maximum Gasteiger partial charge on any atom is 0.305 e. The third kappa shape index (κ3) is 3.55. The Bertz CT molecular complexity index is 814. The molecule has 0 atom stereocenters. The molecule has 5 nitrogen and oxygen atoms in total. The number of hydrogen-bond donors (Lipinski definition) is 1. The zero-order valence-electron chi connectivity index (χ0n) is 14.5. The molecule has 0 fully saturated rings. The molecule has 0 aliphatic carbocycles. The second-order valence-electron chi connectivity index (χ2n) is 6.65. The molecule has 1 aliphatic heterocycles. The lowest BCUT2D eigenvalue weighted by Crippen LogP contribution is -2.38. The number of carboxylic acids is 1. The molecule has 0 bridgehead atoms. The molecule has 1 amide bonds. The lowest BCUT2D eigenvalue weighted by Gasteiger charge is -2.28. The van der Waals surface area contributed by atoms with E-state index in [1.54, 1.807) is 11.1 Å². The van der Waals surface area contributed by atoms with Crippen molar-refractivity contribution in [3.63, 3.8) is 0 Å². The van der Waals surface area contributed by atoms with Crippen LogP contribution >= 0.6 is 0 Å². The third-order valence-electron chi connectivity index (χ3n) is 4.57. The van der Waals surface area contributed by atoms with Crippen LogP contribution in [0.3, 0.4) is 0 Å². The zero-order valence-corrected chi connectivity index (χ0v) is 14.5. The van der Waals surface area contributed by atoms with Gasteiger partial charge >= 0.3 is 5.97 Å². The van der Waals surface area contributed by atoms with E-state index in [0.29, 0.717) is 18.0 Å². The summed E-state index contributed by atoms with van der Waals surface area (Å²) in [7, 11) is 0. The first kappa shape index (κ1) is 17.1. The van der Waals surface area contributed by atoms with E-state index in [0.717, 1.165) is 28.8 Å². The number of aromatic nitrogens is 1. The zero-order chi connectivity index (χ0) is 18.0. The molecule has 0 spiro atoms. The van der Waals surface area contributed by atoms with Gasteiger partial charge in [0.25, 0.3) is 5.91 Å². The van der Waals surface area contributed by atoms with E-state index in [1.807, 2.05) is 18.2 Å². The van der Waals surface area contributed by atoms with Crippen LogP contribution in [-0.2, 0) is 11.2 Å². The Morgan fingerprint density at radius 1 is 1.28 bits per heavy atom. The fourth-order valence-electron chi connectivity index (χ4n) is 3.27. The number of nitrogens with zero attached hydrogens (tertiary/aromatic N) is 2. The molecule has 1 N–H and O–H groups in total. The van der Waals surface area contributed by atoms with Crippen molar-refractivity contribution in [2.45, 2.75) is 32.6 Å². The third-order valence-corrected chi connectivity index (χ3v) is 4.57. The van der Waals surface area contributed by atoms with E-state index in [2.05, 4.69) is 31.0 Å². The van der Waals surface area contributed by atoms with Crippen LogP contribution in [0, 0.1) is 0 Å². The highest BCUT2D eigenvalue weighted by Gasteiger charge is 2.25. The molecule has 25 heavy (non-hydrogen) atoms. The van der Waals surface area contributed by atoms with Gasteiger partial charge in [0, 0.05) is 30.4 Å². The summed E-state index contributed by atoms with van der Waals surface area (Å²) in [6.45, 7) is 5.06. The van der Waals surface area contributed by atoms with Crippen LogP contribution in [0.25, 0.3) is 11.1 Å². The Labute approximate surface area is 147 Å². The smallest absolute Gasteiger partial charge is 0.305 e. The molecular weight excluding hydrogens is 316 g/mol. The van der Waals surface area contributed by atoms with E-state index < -0.39 is 5.97 Å². The van der Waals surface area contributed by atoms with Crippen LogP contribution in [0.1, 0.15) is 47.8 Å². The van der Waals surface area contributed by atoms with Gasteiger partial charge in [-0.3, -0.25) is 14.6 Å². The van der Waals surface area contributed by atoms with Crippen LogP contribution in [0.5, 0.6) is 0 Å². The molecule has 130 valence electrons. The van der Waals surface area contributed by atoms with Gasteiger partial charge in [-0.15, -0.1) is 0 Å². The summed E-state index contributed by atoms with van der Waals surface area (Å²) < 4.78 is 0. The van der Waals surface area contributed by atoms with Crippen LogP contribution in [0.4, 0.5) is 0 Å². The van der Waals surface area contributed by atoms with Gasteiger partial charge in [0.2, 0.25) is 0 Å². The molecule has 1 aromatic carbocycles. The number of carboxylic acid groups (broad SMARTS) is 1. The number of carbonyl (C=O) groups excluding carboxylic acids is 1. The number of aliphatic carboxylic acids is 1. The van der Waals surface area contributed by atoms with Gasteiger partial charge in [-0.25, -0.2) is 0 Å². The summed E-state index contributed by atoms with van der Waals surface area (Å²) in [6.07, 6.45) is 2.53. The number of hydrogen-bond acceptors (Lipinski definition) is 3. The average Bonchev–Trinajstić information content (AvgIpc) is 2.60. The summed E-state index contributed by atoms with van der Waals surface area (Å²) in [6, 6.07) is 9.88. The summed E-state index contributed by atoms with van der Waals surface area (Å²) in [5.41, 5.74) is 4.92. The van der Waals surface area contributed by atoms with Crippen LogP contribution < -0.4 is 0 Å². The van der Waals surface area contributed by atoms with Crippen molar-refractivity contribution in [1.82, 2.24) is 9.88 Å². The minimum Gasteiger partial charge on any atom is -0.481 e. The largest absolute Gasteiger partial charge is 0.481 e. The molecule has 3 rings (SSSR count). The van der Waals surface area contributed by atoms with E-state index in [4.69, 9.17) is 5.11 Å². The minimum absolute atomic E-state index is 0.0212. The van der Waals surface area contributed by atoms with Gasteiger partial charge in [0.1, 0.15) is 0 Å². The highest BCUT2D eigenvalue weighted by molar-refractivity contribution is 5.97. The van der Waals surface area contributed by atoms with Crippen molar-refractivity contribution in [3.8, 4) is 11.1 Å². The van der Waals surface area contributed by atoms with E-state index in [-0.39, 0.29) is 18.9 Å². The molecule has 1 aliphatic rings. The Kier molecular flexibility index (Phi) is 4.83. The van der Waals surface area contributed by atoms with Gasteiger partial charge in [-0.05, 0) is 35.6 Å². The standard InChI is InChI=1S/C20H22N2O3/c1-13(2)19-16(4-3-9-21-19)14-5-6-17-15(12-14)7-10-22(20(17)25)11-8-18(23)24/h3-6,9,12-13H,7-8,10-11H2,1-2H3,(H,23,24). The average molecular weight is 338 g/mol. The molecule has 1 aromatic heterocycles. The summed E-state index contributed by atoms with van der Waals surface area (Å²) in [5.74, 6) is -0.642. The van der Waals surface area contributed by atoms with E-state index in [1.165, 1.54) is 0 Å². The van der Waals surface area contributed by atoms with Gasteiger partial charge in [0.15, 0.2) is 0 Å². The van der Waals surface area contributed by atoms with Gasteiger partial charge < -0.3 is 10.0 Å². The van der Waals surface area contributed by atoms with Crippen molar-refractivity contribution < 1.29 is 14.7 Å². The molecule has 2 aromatic rings. The Hall–Kier alpha value is -2.69. The SMILES string of the molecule is CC(C)c1ncccc1-c1ccc2c(c1)CCN(CCC(=O)O)C2=O. The number of benzene rings is 1. The number of carbonyl (C=O) groups is 2. The first-order chi connectivity index (χ1) is 12.0. The van der Waals surface area contributed by atoms with Crippen molar-refractivity contribution in [1.29, 1.82) is 0 Å². The van der Waals surface area contributed by atoms with Crippen molar-refractivity contribution in [2.24, 2.45) is 0 Å². The lowest BCUT2D eigenvalue weighted by molar-refractivity contribution is -0.137. The molecule has 0 saturated carbocycles. The number of fused-ring (bicyclic) bond motifs is 1. The lowest BCUT2D eigenvalue weighted by atomic mass is 9.91. The summed E-state index contributed by atoms with van der Waals surface area (Å²) >= 11 is 0. The molecule has 5 heteroatoms. The van der Waals surface area contributed by atoms with Crippen LogP contribution in [-0.4, -0.2) is 40.0 Å². The van der Waals surface area contributed by atoms with Crippen molar-refractivity contribution >= 4 is 11.9 Å². The molecule has 0 unspecified atom stereocenters. The highest BCUT2D eigenvalue weighted by Crippen LogP contribution is 2.30. The number of rotatable bonds is 5. The minimum atomic E-state index is -0.883. The Morgan fingerprint density at radius 3 is 2.80 bits per heavy atom. The second-order valence-corrected chi connectivity index (χ2v) is 6.65. The first-order valence-corrected chi connectivity index (χ1v) is 8.56. The number of pyridine rings is 1. The summed E-state index contributed by atoms with van der Waals surface area (Å²) in [4.78, 5) is 29.4. The van der Waals surface area contributed by atoms with Crippen LogP contribution in [0.2, 0.25) is 0 Å². The highest BCUT2D eigenvalue weighted by atomic mass is 16.4. The predicted octanol–water partition coefficient (Wildman–Crippen LogP) is 3.35. The van der Waals surface area contributed by atoms with Gasteiger partial charge in [-0.1, -0.05) is 32.0 Å². The second kappa shape index (κ2) is 7.05. The molecular formula is C20H22N2O3. The maximum atomic E-state index is 12.6. The topological polar surface area (TPSA) is 70.5 Å². The van der Waals surface area contributed by atoms with Gasteiger partial charge in [-0.2, -0.15) is 0 Å². The van der Waals surface area contributed by atoms with Crippen LogP contribution in [0.15, 0.2) is 36.5 Å². The van der Waals surface area contributed by atoms with Crippen molar-refractivity contribution in [3.05, 3.63) is 53.3 Å². The first-order valence-electron chi connectivity index (χ1n) is 8.56. The molecule has 0 saturated heterocycles. The van der Waals surface area contributed by atoms with Gasteiger partial charge in [0.05, 0.1) is 12.1 Å². The quantitative estimate of drug-likeness (QED) is 0.907. The van der Waals surface area contributed by atoms with E-state index >= 15 is 0 Å². The fourth-order valence-corrected chi connectivity index (χ4v) is 3.27. The maximum absolute atomic E-state index is 12.6. The fraction of sp³-hybridized carbons (Fsp3) is 0.350. The Balaban J connectivity index is 1.90. The predicted molar refractivity (Wildman–Crippen MR) is 95.6 cm³/mol. The van der Waals surface area contributed by atoms with E-state index in [9.17, 15) is 9.59 Å². The normalized spacial score (nSPS) is 13.9. The summed E-state index contributed by atoms with van der Waals surface area (Å²) in [5, 5.41) is 8.81. The molecule has 2 heterocycles. The number of amides is 1. The van der Waals surface area contributed by atoms with Crippen molar-refractivity contribution in [2.75, 3.05) is 13.1 Å².